The van der Waals surface area contributed by atoms with Crippen LogP contribution in [0, 0.1) is 6.92 Å². The Morgan fingerprint density at radius 3 is 2.73 bits per heavy atom. The molecule has 0 aliphatic heterocycles. The van der Waals surface area contributed by atoms with Crippen LogP contribution >= 0.6 is 0 Å². The van der Waals surface area contributed by atoms with Gasteiger partial charge in [0.1, 0.15) is 11.5 Å². The SMILES string of the molecule is Cc1c(OCC(F)(F)F)ccnc1CC[S@@+]([O-])c1nc2ccccc2[nH]1. The molecule has 9 heteroatoms. The Morgan fingerprint density at radius 2 is 2.00 bits per heavy atom. The number of pyridine rings is 1. The zero-order valence-electron chi connectivity index (χ0n) is 13.8. The Labute approximate surface area is 150 Å². The molecular formula is C17H16F3N3O2S. The first-order valence-electron chi connectivity index (χ1n) is 7.80. The predicted octanol–water partition coefficient (Wildman–Crippen LogP) is 3.56. The van der Waals surface area contributed by atoms with Gasteiger partial charge in [-0.1, -0.05) is 12.1 Å². The van der Waals surface area contributed by atoms with Gasteiger partial charge in [0.25, 0.3) is 0 Å². The van der Waals surface area contributed by atoms with E-state index >= 15 is 0 Å². The molecule has 26 heavy (non-hydrogen) atoms. The molecule has 3 rings (SSSR count). The average molecular weight is 383 g/mol. The molecule has 1 aromatic carbocycles. The zero-order chi connectivity index (χ0) is 18.7. The quantitative estimate of drug-likeness (QED) is 0.661. The monoisotopic (exact) mass is 383 g/mol. The van der Waals surface area contributed by atoms with Gasteiger partial charge in [-0.25, -0.2) is 0 Å². The lowest BCUT2D eigenvalue weighted by atomic mass is 10.1. The summed E-state index contributed by atoms with van der Waals surface area (Å²) in [5.41, 5.74) is 2.59. The molecule has 5 nitrogen and oxygen atoms in total. The van der Waals surface area contributed by atoms with E-state index in [1.165, 1.54) is 12.3 Å². The number of aryl methyl sites for hydroxylation is 1. The van der Waals surface area contributed by atoms with Gasteiger partial charge in [-0.15, -0.1) is 0 Å². The average Bonchev–Trinajstić information content (AvgIpc) is 3.03. The predicted molar refractivity (Wildman–Crippen MR) is 91.6 cm³/mol. The molecule has 0 radical (unpaired) electrons. The first-order valence-corrected chi connectivity index (χ1v) is 9.12. The smallest absolute Gasteiger partial charge is 0.422 e. The number of hydrogen-bond donors (Lipinski definition) is 1. The van der Waals surface area contributed by atoms with Crippen LogP contribution in [0.25, 0.3) is 11.0 Å². The number of rotatable bonds is 6. The van der Waals surface area contributed by atoms with E-state index in [9.17, 15) is 17.7 Å². The van der Waals surface area contributed by atoms with Gasteiger partial charge < -0.3 is 9.29 Å². The van der Waals surface area contributed by atoms with Crippen molar-refractivity contribution in [3.05, 3.63) is 47.8 Å². The van der Waals surface area contributed by atoms with E-state index in [0.717, 1.165) is 11.0 Å². The number of nitrogens with one attached hydrogen (secondary N) is 1. The molecule has 0 aliphatic carbocycles. The highest BCUT2D eigenvalue weighted by Crippen LogP contribution is 2.24. The van der Waals surface area contributed by atoms with Crippen LogP contribution in [0.15, 0.2) is 41.7 Å². The third-order valence-corrected chi connectivity index (χ3v) is 4.96. The van der Waals surface area contributed by atoms with Crippen LogP contribution in [-0.4, -0.2) is 38.0 Å². The van der Waals surface area contributed by atoms with E-state index < -0.39 is 24.0 Å². The van der Waals surface area contributed by atoms with Crippen LogP contribution in [0.1, 0.15) is 11.3 Å². The second kappa shape index (κ2) is 7.55. The first-order chi connectivity index (χ1) is 12.3. The second-order valence-electron chi connectivity index (χ2n) is 5.64. The maximum absolute atomic E-state index is 12.5. The summed E-state index contributed by atoms with van der Waals surface area (Å²) in [6.45, 7) is 0.278. The van der Waals surface area contributed by atoms with Gasteiger partial charge in [0.05, 0.1) is 16.7 Å². The highest BCUT2D eigenvalue weighted by Gasteiger charge is 2.29. The fourth-order valence-electron chi connectivity index (χ4n) is 2.45. The van der Waals surface area contributed by atoms with Crippen molar-refractivity contribution in [2.24, 2.45) is 0 Å². The van der Waals surface area contributed by atoms with E-state index in [0.29, 0.717) is 22.8 Å². The number of halogens is 3. The molecule has 0 unspecified atom stereocenters. The fourth-order valence-corrected chi connectivity index (χ4v) is 3.45. The minimum absolute atomic E-state index is 0.127. The van der Waals surface area contributed by atoms with Crippen molar-refractivity contribution in [2.45, 2.75) is 24.7 Å². The standard InChI is InChI=1S/C17H16F3N3O2S/c1-11-12(21-8-6-15(11)25-10-17(18,19)20)7-9-26(24)16-22-13-4-2-3-5-14(13)23-16/h2-6,8H,7,9-10H2,1H3,(H,22,23)/t26-/m1/s1. The number of para-hydroxylation sites is 2. The number of hydrogen-bond acceptors (Lipinski definition) is 4. The summed E-state index contributed by atoms with van der Waals surface area (Å²) < 4.78 is 54.2. The van der Waals surface area contributed by atoms with Crippen molar-refractivity contribution in [2.75, 3.05) is 12.4 Å². The van der Waals surface area contributed by atoms with Crippen LogP contribution in [-0.2, 0) is 17.6 Å². The van der Waals surface area contributed by atoms with Crippen molar-refractivity contribution in [3.8, 4) is 5.75 Å². The van der Waals surface area contributed by atoms with Gasteiger partial charge in [-0.05, 0) is 25.1 Å². The molecule has 138 valence electrons. The van der Waals surface area contributed by atoms with Crippen LogP contribution in [0.5, 0.6) is 5.75 Å². The molecule has 0 saturated carbocycles. The third kappa shape index (κ3) is 4.47. The third-order valence-electron chi connectivity index (χ3n) is 3.76. The highest BCUT2D eigenvalue weighted by molar-refractivity contribution is 7.91. The van der Waals surface area contributed by atoms with E-state index in [1.807, 2.05) is 24.3 Å². The summed E-state index contributed by atoms with van der Waals surface area (Å²) in [5, 5.41) is 0.369. The Hall–Kier alpha value is -2.26. The molecule has 0 bridgehead atoms. The Bertz CT molecular complexity index is 865. The lowest BCUT2D eigenvalue weighted by molar-refractivity contribution is -0.153. The molecule has 0 amide bonds. The second-order valence-corrected chi connectivity index (χ2v) is 7.13. The molecule has 0 saturated heterocycles. The number of benzene rings is 1. The zero-order valence-corrected chi connectivity index (χ0v) is 14.7. The summed E-state index contributed by atoms with van der Waals surface area (Å²) in [4.78, 5) is 11.5. The van der Waals surface area contributed by atoms with Crippen molar-refractivity contribution in [1.82, 2.24) is 15.0 Å². The summed E-state index contributed by atoms with van der Waals surface area (Å²) >= 11 is -1.38. The number of aromatic nitrogens is 3. The van der Waals surface area contributed by atoms with Gasteiger partial charge in [-0.2, -0.15) is 18.2 Å². The summed E-state index contributed by atoms with van der Waals surface area (Å²) in [5.74, 6) is 0.373. The van der Waals surface area contributed by atoms with E-state index in [4.69, 9.17) is 4.74 Å². The van der Waals surface area contributed by atoms with Crippen LogP contribution < -0.4 is 4.74 Å². The van der Waals surface area contributed by atoms with Crippen molar-refractivity contribution >= 4 is 22.2 Å². The largest absolute Gasteiger partial charge is 0.609 e. The Morgan fingerprint density at radius 1 is 1.23 bits per heavy atom. The van der Waals surface area contributed by atoms with Gasteiger partial charge in [0.15, 0.2) is 6.61 Å². The van der Waals surface area contributed by atoms with E-state index in [-0.39, 0.29) is 11.5 Å². The summed E-state index contributed by atoms with van der Waals surface area (Å²) in [6.07, 6.45) is -2.68. The number of nitrogens with zero attached hydrogens (tertiary/aromatic N) is 2. The van der Waals surface area contributed by atoms with Gasteiger partial charge >= 0.3 is 11.3 Å². The van der Waals surface area contributed by atoms with Gasteiger partial charge in [-0.3, -0.25) is 9.97 Å². The molecule has 3 aromatic rings. The Balaban J connectivity index is 1.67. The maximum Gasteiger partial charge on any atom is 0.422 e. The van der Waals surface area contributed by atoms with Crippen LogP contribution in [0.4, 0.5) is 13.2 Å². The van der Waals surface area contributed by atoms with E-state index in [1.54, 1.807) is 6.92 Å². The molecule has 2 aromatic heterocycles. The van der Waals surface area contributed by atoms with Gasteiger partial charge in [0.2, 0.25) is 0 Å². The molecular weight excluding hydrogens is 367 g/mol. The lowest BCUT2D eigenvalue weighted by Crippen LogP contribution is -2.20. The number of imidazole rings is 1. The fraction of sp³-hybridized carbons (Fsp3) is 0.294. The normalized spacial score (nSPS) is 13.1. The summed E-state index contributed by atoms with van der Waals surface area (Å²) in [6, 6.07) is 8.75. The number of ether oxygens (including phenoxy) is 1. The molecule has 0 spiro atoms. The number of aromatic amines is 1. The molecule has 1 N–H and O–H groups in total. The lowest BCUT2D eigenvalue weighted by Gasteiger charge is -2.13. The molecule has 1 atom stereocenters. The maximum atomic E-state index is 12.5. The topological polar surface area (TPSA) is 73.9 Å². The minimum Gasteiger partial charge on any atom is -0.609 e. The molecule has 0 aliphatic rings. The summed E-state index contributed by atoms with van der Waals surface area (Å²) in [7, 11) is 0. The minimum atomic E-state index is -4.40. The first kappa shape index (κ1) is 18.5. The van der Waals surface area contributed by atoms with Crippen molar-refractivity contribution in [1.29, 1.82) is 0 Å². The highest BCUT2D eigenvalue weighted by atomic mass is 32.2. The Kier molecular flexibility index (Phi) is 5.38. The van der Waals surface area contributed by atoms with E-state index in [2.05, 4.69) is 15.0 Å². The van der Waals surface area contributed by atoms with Crippen LogP contribution in [0.2, 0.25) is 0 Å². The van der Waals surface area contributed by atoms with Gasteiger partial charge in [0, 0.05) is 29.4 Å². The molecule has 2 heterocycles. The number of fused-ring (bicyclic) bond motifs is 1. The van der Waals surface area contributed by atoms with Crippen LogP contribution in [0.3, 0.4) is 0 Å². The van der Waals surface area contributed by atoms with Crippen molar-refractivity contribution in [3.63, 3.8) is 0 Å². The van der Waals surface area contributed by atoms with Crippen molar-refractivity contribution < 1.29 is 22.5 Å². The number of H-pyrrole nitrogens is 1. The molecule has 0 fully saturated rings. The number of alkyl halides is 3.